The highest BCUT2D eigenvalue weighted by molar-refractivity contribution is 6.05. The van der Waals surface area contributed by atoms with Gasteiger partial charge in [-0.05, 0) is 12.1 Å². The molecule has 0 spiro atoms. The summed E-state index contributed by atoms with van der Waals surface area (Å²) in [7, 11) is 0. The SMILES string of the molecule is O=C1COc2ccc3c(c21)OCO3. The van der Waals surface area contributed by atoms with Crippen LogP contribution in [-0.2, 0) is 0 Å². The van der Waals surface area contributed by atoms with Crippen LogP contribution in [0.4, 0.5) is 0 Å². The maximum Gasteiger partial charge on any atom is 0.231 e. The molecule has 2 aliphatic rings. The maximum absolute atomic E-state index is 11.4. The second kappa shape index (κ2) is 2.16. The van der Waals surface area contributed by atoms with Crippen molar-refractivity contribution >= 4 is 5.78 Å². The molecule has 0 N–H and O–H groups in total. The Morgan fingerprint density at radius 2 is 1.92 bits per heavy atom. The number of rotatable bonds is 0. The fourth-order valence-corrected chi connectivity index (χ4v) is 1.55. The summed E-state index contributed by atoms with van der Waals surface area (Å²) >= 11 is 0. The Hall–Kier alpha value is -1.71. The molecule has 0 unspecified atom stereocenters. The molecule has 4 nitrogen and oxygen atoms in total. The Morgan fingerprint density at radius 1 is 1.08 bits per heavy atom. The van der Waals surface area contributed by atoms with E-state index in [4.69, 9.17) is 14.2 Å². The van der Waals surface area contributed by atoms with Crippen molar-refractivity contribution in [1.29, 1.82) is 0 Å². The number of benzene rings is 1. The summed E-state index contributed by atoms with van der Waals surface area (Å²) in [5.74, 6) is 1.70. The molecule has 0 saturated carbocycles. The van der Waals surface area contributed by atoms with Gasteiger partial charge in [-0.15, -0.1) is 0 Å². The largest absolute Gasteiger partial charge is 0.485 e. The Morgan fingerprint density at radius 3 is 2.85 bits per heavy atom. The number of hydrogen-bond donors (Lipinski definition) is 0. The van der Waals surface area contributed by atoms with Crippen molar-refractivity contribution in [2.75, 3.05) is 13.4 Å². The van der Waals surface area contributed by atoms with Crippen molar-refractivity contribution in [1.82, 2.24) is 0 Å². The molecule has 0 aliphatic carbocycles. The second-order valence-electron chi connectivity index (χ2n) is 2.88. The third-order valence-electron chi connectivity index (χ3n) is 2.14. The van der Waals surface area contributed by atoms with Gasteiger partial charge in [0, 0.05) is 0 Å². The van der Waals surface area contributed by atoms with E-state index >= 15 is 0 Å². The number of carbonyl (C=O) groups excluding carboxylic acids is 1. The molecule has 0 saturated heterocycles. The molecule has 4 heteroatoms. The van der Waals surface area contributed by atoms with Crippen molar-refractivity contribution in [3.63, 3.8) is 0 Å². The lowest BCUT2D eigenvalue weighted by Crippen LogP contribution is -2.00. The van der Waals surface area contributed by atoms with Crippen LogP contribution in [0.25, 0.3) is 0 Å². The van der Waals surface area contributed by atoms with Crippen LogP contribution in [0, 0.1) is 0 Å². The fraction of sp³-hybridized carbons (Fsp3) is 0.222. The van der Waals surface area contributed by atoms with E-state index in [-0.39, 0.29) is 19.2 Å². The van der Waals surface area contributed by atoms with Crippen molar-refractivity contribution in [3.05, 3.63) is 17.7 Å². The van der Waals surface area contributed by atoms with Gasteiger partial charge in [0.2, 0.25) is 12.6 Å². The van der Waals surface area contributed by atoms with Gasteiger partial charge < -0.3 is 14.2 Å². The van der Waals surface area contributed by atoms with Crippen molar-refractivity contribution < 1.29 is 19.0 Å². The smallest absolute Gasteiger partial charge is 0.231 e. The summed E-state index contributed by atoms with van der Waals surface area (Å²) in [5, 5.41) is 0. The molecule has 0 radical (unpaired) electrons. The van der Waals surface area contributed by atoms with Crippen LogP contribution in [0.1, 0.15) is 10.4 Å². The van der Waals surface area contributed by atoms with Crippen LogP contribution in [-0.4, -0.2) is 19.2 Å². The third-order valence-corrected chi connectivity index (χ3v) is 2.14. The summed E-state index contributed by atoms with van der Waals surface area (Å²) in [6, 6.07) is 3.48. The predicted octanol–water partition coefficient (Wildman–Crippen LogP) is 0.990. The van der Waals surface area contributed by atoms with Crippen LogP contribution >= 0.6 is 0 Å². The number of ketones is 1. The quantitative estimate of drug-likeness (QED) is 0.594. The Labute approximate surface area is 74.0 Å². The third kappa shape index (κ3) is 0.771. The second-order valence-corrected chi connectivity index (χ2v) is 2.88. The highest BCUT2D eigenvalue weighted by Gasteiger charge is 2.30. The fourth-order valence-electron chi connectivity index (χ4n) is 1.55. The first kappa shape index (κ1) is 6.77. The first-order chi connectivity index (χ1) is 6.36. The van der Waals surface area contributed by atoms with E-state index in [2.05, 4.69) is 0 Å². The molecule has 0 amide bonds. The highest BCUT2D eigenvalue weighted by Crippen LogP contribution is 2.42. The number of carbonyl (C=O) groups is 1. The van der Waals surface area contributed by atoms with Crippen molar-refractivity contribution in [3.8, 4) is 17.2 Å². The van der Waals surface area contributed by atoms with Gasteiger partial charge in [-0.2, -0.15) is 0 Å². The summed E-state index contributed by atoms with van der Waals surface area (Å²) in [4.78, 5) is 11.4. The molecule has 1 aromatic rings. The first-order valence-electron chi connectivity index (χ1n) is 3.95. The van der Waals surface area contributed by atoms with Crippen LogP contribution in [0.2, 0.25) is 0 Å². The summed E-state index contributed by atoms with van der Waals surface area (Å²) in [6.45, 7) is 0.286. The maximum atomic E-state index is 11.4. The van der Waals surface area contributed by atoms with Crippen molar-refractivity contribution in [2.45, 2.75) is 0 Å². The Bertz CT molecular complexity index is 397. The topological polar surface area (TPSA) is 44.8 Å². The minimum atomic E-state index is -0.0441. The van der Waals surface area contributed by atoms with Gasteiger partial charge in [0.1, 0.15) is 11.3 Å². The van der Waals surface area contributed by atoms with Gasteiger partial charge in [0.05, 0.1) is 0 Å². The standard InChI is InChI=1S/C9H6O4/c10-5-3-11-6-1-2-7-9(8(5)6)13-4-12-7/h1-2H,3-4H2. The minimum Gasteiger partial charge on any atom is -0.485 e. The summed E-state index contributed by atoms with van der Waals surface area (Å²) < 4.78 is 15.5. The van der Waals surface area contributed by atoms with E-state index in [9.17, 15) is 4.79 Å². The van der Waals surface area contributed by atoms with Gasteiger partial charge in [0.25, 0.3) is 0 Å². The van der Waals surface area contributed by atoms with Gasteiger partial charge in [0.15, 0.2) is 18.1 Å². The summed E-state index contributed by atoms with van der Waals surface area (Å²) in [5.41, 5.74) is 0.523. The van der Waals surface area contributed by atoms with Crippen LogP contribution in [0.15, 0.2) is 12.1 Å². The average molecular weight is 178 g/mol. The van der Waals surface area contributed by atoms with Crippen LogP contribution in [0.3, 0.4) is 0 Å². The van der Waals surface area contributed by atoms with Crippen LogP contribution < -0.4 is 14.2 Å². The molecule has 66 valence electrons. The normalized spacial score (nSPS) is 17.1. The van der Waals surface area contributed by atoms with E-state index in [0.717, 1.165) is 0 Å². The van der Waals surface area contributed by atoms with Crippen LogP contribution in [0.5, 0.6) is 17.2 Å². The molecule has 1 aromatic carbocycles. The van der Waals surface area contributed by atoms with Crippen molar-refractivity contribution in [2.24, 2.45) is 0 Å². The monoisotopic (exact) mass is 178 g/mol. The lowest BCUT2D eigenvalue weighted by Gasteiger charge is -1.99. The lowest BCUT2D eigenvalue weighted by molar-refractivity contribution is 0.0958. The van der Waals surface area contributed by atoms with Gasteiger partial charge in [-0.25, -0.2) is 0 Å². The molecule has 0 fully saturated rings. The minimum absolute atomic E-state index is 0.0441. The zero-order chi connectivity index (χ0) is 8.84. The molecule has 0 aromatic heterocycles. The number of hydrogen-bond acceptors (Lipinski definition) is 4. The molecule has 2 aliphatic heterocycles. The Balaban J connectivity index is 2.29. The first-order valence-corrected chi connectivity index (χ1v) is 3.95. The number of Topliss-reactive ketones (excluding diaryl/α,β-unsaturated/α-hetero) is 1. The zero-order valence-electron chi connectivity index (χ0n) is 6.70. The van der Waals surface area contributed by atoms with E-state index in [1.54, 1.807) is 12.1 Å². The number of ether oxygens (including phenoxy) is 3. The number of fused-ring (bicyclic) bond motifs is 3. The van der Waals surface area contributed by atoms with E-state index in [1.807, 2.05) is 0 Å². The predicted molar refractivity (Wildman–Crippen MR) is 42.4 cm³/mol. The lowest BCUT2D eigenvalue weighted by atomic mass is 10.1. The van der Waals surface area contributed by atoms with Gasteiger partial charge >= 0.3 is 0 Å². The molecule has 13 heavy (non-hydrogen) atoms. The Kier molecular flexibility index (Phi) is 1.12. The molecule has 0 atom stereocenters. The molecular weight excluding hydrogens is 172 g/mol. The average Bonchev–Trinajstić information content (AvgIpc) is 2.70. The van der Waals surface area contributed by atoms with Gasteiger partial charge in [-0.3, -0.25) is 4.79 Å². The van der Waals surface area contributed by atoms with Gasteiger partial charge in [-0.1, -0.05) is 0 Å². The molecular formula is C9H6O4. The molecule has 2 heterocycles. The van der Waals surface area contributed by atoms with E-state index in [0.29, 0.717) is 22.8 Å². The zero-order valence-corrected chi connectivity index (χ0v) is 6.70. The molecule has 0 bridgehead atoms. The van der Waals surface area contributed by atoms with E-state index in [1.165, 1.54) is 0 Å². The van der Waals surface area contributed by atoms with E-state index < -0.39 is 0 Å². The summed E-state index contributed by atoms with van der Waals surface area (Å²) in [6.07, 6.45) is 0. The highest BCUT2D eigenvalue weighted by atomic mass is 16.7. The molecule has 3 rings (SSSR count).